The van der Waals surface area contributed by atoms with Gasteiger partial charge in [0.05, 0.1) is 0 Å². The lowest BCUT2D eigenvalue weighted by molar-refractivity contribution is -0.122. The molecule has 0 bridgehead atoms. The van der Waals surface area contributed by atoms with Crippen LogP contribution in [0, 0.1) is 5.92 Å². The Bertz CT molecular complexity index is 761. The number of rotatable bonds is 7. The lowest BCUT2D eigenvalue weighted by Crippen LogP contribution is -2.30. The summed E-state index contributed by atoms with van der Waals surface area (Å²) in [5, 5.41) is 11.5. The predicted octanol–water partition coefficient (Wildman–Crippen LogP) is 4.57. The number of ether oxygens (including phenoxy) is 1. The van der Waals surface area contributed by atoms with Crippen molar-refractivity contribution in [2.24, 2.45) is 5.92 Å². The highest BCUT2D eigenvalue weighted by atomic mass is 32.2. The Morgan fingerprint density at radius 3 is 2.88 bits per heavy atom. The van der Waals surface area contributed by atoms with Gasteiger partial charge in [0.25, 0.3) is 5.91 Å². The number of aromatic nitrogens is 2. The molecule has 0 aliphatic heterocycles. The van der Waals surface area contributed by atoms with Gasteiger partial charge >= 0.3 is 0 Å². The van der Waals surface area contributed by atoms with E-state index in [1.54, 1.807) is 18.7 Å². The van der Waals surface area contributed by atoms with Gasteiger partial charge in [-0.2, -0.15) is 0 Å². The summed E-state index contributed by atoms with van der Waals surface area (Å²) in [6, 6.07) is 6.12. The first-order valence-corrected chi connectivity index (χ1v) is 10.9. The zero-order valence-corrected chi connectivity index (χ0v) is 17.1. The molecule has 0 radical (unpaired) electrons. The van der Waals surface area contributed by atoms with Gasteiger partial charge in [-0.25, -0.2) is 0 Å². The second kappa shape index (κ2) is 8.86. The van der Waals surface area contributed by atoms with Crippen LogP contribution >= 0.6 is 23.1 Å². The van der Waals surface area contributed by atoms with Crippen LogP contribution in [-0.2, 0) is 17.6 Å². The molecule has 0 saturated carbocycles. The first-order valence-electron chi connectivity index (χ1n) is 9.07. The number of carbonyl (C=O) groups is 1. The molecule has 1 atom stereocenters. The van der Waals surface area contributed by atoms with Crippen molar-refractivity contribution in [1.82, 2.24) is 10.2 Å². The van der Waals surface area contributed by atoms with Gasteiger partial charge in [-0.05, 0) is 55.7 Å². The summed E-state index contributed by atoms with van der Waals surface area (Å²) in [6.45, 7) is 6.10. The molecule has 1 heterocycles. The van der Waals surface area contributed by atoms with Crippen molar-refractivity contribution in [2.75, 3.05) is 11.1 Å². The zero-order chi connectivity index (χ0) is 18.5. The molecule has 5 nitrogen and oxygen atoms in total. The van der Waals surface area contributed by atoms with Crippen molar-refractivity contribution in [1.29, 1.82) is 0 Å². The van der Waals surface area contributed by atoms with Crippen molar-refractivity contribution < 1.29 is 9.53 Å². The number of thioether (sulfide) groups is 1. The number of amides is 1. The van der Waals surface area contributed by atoms with Crippen LogP contribution in [0.2, 0.25) is 0 Å². The van der Waals surface area contributed by atoms with E-state index in [0.717, 1.165) is 28.7 Å². The Morgan fingerprint density at radius 1 is 1.27 bits per heavy atom. The average molecular weight is 392 g/mol. The number of carbonyl (C=O) groups excluding carboxylic acids is 1. The number of anilines is 1. The smallest absolute Gasteiger partial charge is 0.266 e. The summed E-state index contributed by atoms with van der Waals surface area (Å²) in [7, 11) is 0. The van der Waals surface area contributed by atoms with Crippen molar-refractivity contribution >= 4 is 34.1 Å². The second-order valence-electron chi connectivity index (χ2n) is 6.93. The summed E-state index contributed by atoms with van der Waals surface area (Å²) < 4.78 is 6.85. The van der Waals surface area contributed by atoms with Crippen molar-refractivity contribution in [3.8, 4) is 5.75 Å². The maximum atomic E-state index is 12.5. The van der Waals surface area contributed by atoms with Gasteiger partial charge in [0.1, 0.15) is 5.75 Å². The lowest BCUT2D eigenvalue weighted by Gasteiger charge is -2.21. The van der Waals surface area contributed by atoms with Gasteiger partial charge in [-0.1, -0.05) is 49.1 Å². The van der Waals surface area contributed by atoms with Crippen molar-refractivity contribution in [2.45, 2.75) is 56.9 Å². The number of nitrogens with zero attached hydrogens (tertiary/aromatic N) is 2. The van der Waals surface area contributed by atoms with Crippen molar-refractivity contribution in [3.63, 3.8) is 0 Å². The maximum absolute atomic E-state index is 12.5. The molecule has 1 aliphatic rings. The highest BCUT2D eigenvalue weighted by Crippen LogP contribution is 2.30. The average Bonchev–Trinajstić information content (AvgIpc) is 3.07. The van der Waals surface area contributed by atoms with Crippen LogP contribution in [0.1, 0.15) is 44.7 Å². The van der Waals surface area contributed by atoms with E-state index in [9.17, 15) is 4.79 Å². The molecule has 1 N–H and O–H groups in total. The van der Waals surface area contributed by atoms with Gasteiger partial charge in [0.2, 0.25) is 5.13 Å². The van der Waals surface area contributed by atoms with Crippen LogP contribution in [0.5, 0.6) is 5.75 Å². The van der Waals surface area contributed by atoms with Crippen LogP contribution in [-0.4, -0.2) is 28.0 Å². The van der Waals surface area contributed by atoms with Gasteiger partial charge in [0.15, 0.2) is 10.4 Å². The van der Waals surface area contributed by atoms with E-state index in [-0.39, 0.29) is 5.91 Å². The standard InChI is InChI=1S/C19H25N3O2S2/c1-12(2)11-25-19-22-21-18(26-19)20-17(23)13(3)24-16-10-6-8-14-7-4-5-9-15(14)16/h6,8,10,12-13H,4-5,7,9,11H2,1-3H3,(H,20,21,23)/t13-/m0/s1. The molecule has 0 spiro atoms. The molecule has 140 valence electrons. The molecule has 7 heteroatoms. The highest BCUT2D eigenvalue weighted by Gasteiger charge is 2.20. The third-order valence-corrected chi connectivity index (χ3v) is 6.60. The molecular weight excluding hydrogens is 366 g/mol. The summed E-state index contributed by atoms with van der Waals surface area (Å²) in [4.78, 5) is 12.5. The molecule has 0 saturated heterocycles. The molecule has 1 amide bonds. The topological polar surface area (TPSA) is 64.1 Å². The monoisotopic (exact) mass is 391 g/mol. The summed E-state index contributed by atoms with van der Waals surface area (Å²) in [5.74, 6) is 2.21. The molecule has 3 rings (SSSR count). The number of aryl methyl sites for hydroxylation is 1. The van der Waals surface area contributed by atoms with Gasteiger partial charge in [0, 0.05) is 5.75 Å². The van der Waals surface area contributed by atoms with E-state index in [0.29, 0.717) is 11.0 Å². The molecule has 0 unspecified atom stereocenters. The van der Waals surface area contributed by atoms with E-state index >= 15 is 0 Å². The van der Waals surface area contributed by atoms with Gasteiger partial charge in [-0.3, -0.25) is 10.1 Å². The van der Waals surface area contributed by atoms with E-state index in [2.05, 4.69) is 35.4 Å². The van der Waals surface area contributed by atoms with Gasteiger partial charge < -0.3 is 4.74 Å². The molecular formula is C19H25N3O2S2. The Labute approximate surface area is 162 Å². The highest BCUT2D eigenvalue weighted by molar-refractivity contribution is 8.01. The third kappa shape index (κ3) is 4.98. The summed E-state index contributed by atoms with van der Waals surface area (Å²) in [5.41, 5.74) is 2.60. The lowest BCUT2D eigenvalue weighted by atomic mass is 9.91. The van der Waals surface area contributed by atoms with Gasteiger partial charge in [-0.15, -0.1) is 10.2 Å². The molecule has 1 aromatic carbocycles. The number of nitrogens with one attached hydrogen (secondary N) is 1. The SMILES string of the molecule is CC(C)CSc1nnc(NC(=O)[C@H](C)Oc2cccc3c2CCCC3)s1. The molecule has 1 aromatic heterocycles. The maximum Gasteiger partial charge on any atom is 0.266 e. The Morgan fingerprint density at radius 2 is 2.08 bits per heavy atom. The molecule has 26 heavy (non-hydrogen) atoms. The Hall–Kier alpha value is -1.60. The normalized spacial score (nSPS) is 14.8. The first kappa shape index (κ1) is 19.2. The zero-order valence-electron chi connectivity index (χ0n) is 15.4. The molecule has 0 fully saturated rings. The van der Waals surface area contributed by atoms with E-state index in [4.69, 9.17) is 4.74 Å². The summed E-state index contributed by atoms with van der Waals surface area (Å²) >= 11 is 3.07. The van der Waals surface area contributed by atoms with Crippen LogP contribution in [0.3, 0.4) is 0 Å². The summed E-state index contributed by atoms with van der Waals surface area (Å²) in [6.07, 6.45) is 3.93. The fourth-order valence-electron chi connectivity index (χ4n) is 2.86. The number of fused-ring (bicyclic) bond motifs is 1. The van der Waals surface area contributed by atoms with Crippen LogP contribution in [0.25, 0.3) is 0 Å². The largest absolute Gasteiger partial charge is 0.481 e. The minimum atomic E-state index is -0.584. The van der Waals surface area contributed by atoms with E-state index in [1.807, 2.05) is 12.1 Å². The van der Waals surface area contributed by atoms with Crippen LogP contribution in [0.4, 0.5) is 5.13 Å². The fraction of sp³-hybridized carbons (Fsp3) is 0.526. The first-order chi connectivity index (χ1) is 12.5. The van der Waals surface area contributed by atoms with E-state index in [1.165, 1.54) is 35.3 Å². The minimum Gasteiger partial charge on any atom is -0.481 e. The predicted molar refractivity (Wildman–Crippen MR) is 107 cm³/mol. The molecule has 1 aliphatic carbocycles. The number of benzene rings is 1. The quantitative estimate of drug-likeness (QED) is 0.553. The Balaban J connectivity index is 1.59. The van der Waals surface area contributed by atoms with Crippen LogP contribution < -0.4 is 10.1 Å². The third-order valence-electron chi connectivity index (χ3n) is 4.20. The second-order valence-corrected chi connectivity index (χ2v) is 9.17. The number of hydrogen-bond acceptors (Lipinski definition) is 6. The van der Waals surface area contributed by atoms with E-state index < -0.39 is 6.10 Å². The number of hydrogen-bond donors (Lipinski definition) is 1. The fourth-order valence-corrected chi connectivity index (χ4v) is 4.60. The molecule has 2 aromatic rings. The Kier molecular flexibility index (Phi) is 6.53. The van der Waals surface area contributed by atoms with Crippen LogP contribution in [0.15, 0.2) is 22.5 Å². The van der Waals surface area contributed by atoms with Crippen molar-refractivity contribution in [3.05, 3.63) is 29.3 Å². The minimum absolute atomic E-state index is 0.199.